The number of ether oxygens (including phenoxy) is 1. The molecule has 2 aromatic carbocycles. The second-order valence-corrected chi connectivity index (χ2v) is 8.09. The molecule has 0 unspecified atom stereocenters. The van der Waals surface area contributed by atoms with E-state index in [4.69, 9.17) is 4.74 Å². The maximum atomic E-state index is 13.6. The molecule has 1 atom stereocenters. The van der Waals surface area contributed by atoms with Gasteiger partial charge in [-0.25, -0.2) is 17.5 Å². The van der Waals surface area contributed by atoms with Crippen molar-refractivity contribution >= 4 is 15.9 Å². The van der Waals surface area contributed by atoms with E-state index in [1.165, 1.54) is 18.2 Å². The van der Waals surface area contributed by atoms with Crippen molar-refractivity contribution in [2.45, 2.75) is 11.9 Å². The number of carbonyl (C=O) groups is 1. The maximum Gasteiger partial charge on any atom is 0.237 e. The van der Waals surface area contributed by atoms with Gasteiger partial charge in [0.2, 0.25) is 15.9 Å². The number of hydrogen-bond donors (Lipinski definition) is 1. The molecule has 1 aliphatic heterocycles. The first-order valence-corrected chi connectivity index (χ1v) is 10.2. The molecule has 2 aromatic rings. The molecule has 1 fully saturated rings. The Morgan fingerprint density at radius 3 is 2.59 bits per heavy atom. The van der Waals surface area contributed by atoms with E-state index in [1.807, 2.05) is 30.3 Å². The summed E-state index contributed by atoms with van der Waals surface area (Å²) in [6.07, 6.45) is -0.237. The van der Waals surface area contributed by atoms with Gasteiger partial charge in [-0.2, -0.15) is 0 Å². The van der Waals surface area contributed by atoms with Gasteiger partial charge in [0.05, 0.1) is 25.4 Å². The molecule has 6 nitrogen and oxygen atoms in total. The van der Waals surface area contributed by atoms with Gasteiger partial charge in [-0.3, -0.25) is 4.79 Å². The number of rotatable bonds is 6. The summed E-state index contributed by atoms with van der Waals surface area (Å²) >= 11 is 0. The highest BCUT2D eigenvalue weighted by molar-refractivity contribution is 7.88. The summed E-state index contributed by atoms with van der Waals surface area (Å²) in [4.78, 5) is 14.0. The lowest BCUT2D eigenvalue weighted by Crippen LogP contribution is -2.46. The van der Waals surface area contributed by atoms with Crippen molar-refractivity contribution in [2.75, 3.05) is 26.2 Å². The maximum absolute atomic E-state index is 13.6. The van der Waals surface area contributed by atoms with Crippen molar-refractivity contribution in [1.82, 2.24) is 9.62 Å². The number of nitrogens with one attached hydrogen (secondary N) is 1. The largest absolute Gasteiger partial charge is 0.370 e. The molecule has 0 bridgehead atoms. The molecule has 27 heavy (non-hydrogen) atoms. The zero-order chi connectivity index (χ0) is 19.3. The minimum Gasteiger partial charge on any atom is -0.370 e. The van der Waals surface area contributed by atoms with Crippen LogP contribution in [0.4, 0.5) is 4.39 Å². The van der Waals surface area contributed by atoms with E-state index in [9.17, 15) is 17.6 Å². The predicted octanol–water partition coefficient (Wildman–Crippen LogP) is 1.85. The summed E-state index contributed by atoms with van der Waals surface area (Å²) in [5.74, 6) is -1.44. The lowest BCUT2D eigenvalue weighted by atomic mass is 10.1. The van der Waals surface area contributed by atoms with Crippen LogP contribution in [0.5, 0.6) is 0 Å². The minimum atomic E-state index is -3.83. The number of halogens is 1. The molecule has 1 heterocycles. The van der Waals surface area contributed by atoms with Crippen LogP contribution in [-0.4, -0.2) is 45.5 Å². The molecule has 1 amide bonds. The van der Waals surface area contributed by atoms with Crippen LogP contribution in [0.2, 0.25) is 0 Å². The molecule has 1 N–H and O–H groups in total. The van der Waals surface area contributed by atoms with Crippen LogP contribution >= 0.6 is 0 Å². The minimum absolute atomic E-state index is 0.0629. The third kappa shape index (κ3) is 5.35. The van der Waals surface area contributed by atoms with E-state index in [0.29, 0.717) is 19.7 Å². The Labute approximate surface area is 158 Å². The van der Waals surface area contributed by atoms with Crippen LogP contribution in [0.15, 0.2) is 54.6 Å². The summed E-state index contributed by atoms with van der Waals surface area (Å²) in [6.45, 7) is 0.778. The molecule has 1 aliphatic rings. The van der Waals surface area contributed by atoms with Gasteiger partial charge in [0.15, 0.2) is 0 Å². The highest BCUT2D eigenvalue weighted by Gasteiger charge is 2.26. The number of nitrogens with zero attached hydrogens (tertiary/aromatic N) is 1. The van der Waals surface area contributed by atoms with Crippen LogP contribution in [0.1, 0.15) is 17.2 Å². The number of hydrogen-bond acceptors (Lipinski definition) is 4. The Morgan fingerprint density at radius 2 is 1.85 bits per heavy atom. The van der Waals surface area contributed by atoms with Gasteiger partial charge in [0.25, 0.3) is 0 Å². The van der Waals surface area contributed by atoms with E-state index < -0.39 is 21.6 Å². The SMILES string of the molecule is O=C(CNS(=O)(=O)Cc1ccccc1F)N1CCO[C@@H](c2ccccc2)C1. The number of carbonyl (C=O) groups excluding carboxylic acids is 1. The van der Waals surface area contributed by atoms with Gasteiger partial charge in [-0.05, 0) is 11.6 Å². The second-order valence-electron chi connectivity index (χ2n) is 6.28. The first-order chi connectivity index (χ1) is 12.9. The number of amides is 1. The zero-order valence-corrected chi connectivity index (χ0v) is 15.5. The molecule has 0 aromatic heterocycles. The van der Waals surface area contributed by atoms with E-state index >= 15 is 0 Å². The molecule has 0 aliphatic carbocycles. The van der Waals surface area contributed by atoms with Gasteiger partial charge < -0.3 is 9.64 Å². The molecular weight excluding hydrogens is 371 g/mol. The fraction of sp³-hybridized carbons (Fsp3) is 0.316. The normalized spacial score (nSPS) is 17.7. The molecule has 144 valence electrons. The fourth-order valence-electron chi connectivity index (χ4n) is 2.90. The molecule has 0 saturated carbocycles. The highest BCUT2D eigenvalue weighted by atomic mass is 32.2. The van der Waals surface area contributed by atoms with Crippen molar-refractivity contribution in [3.63, 3.8) is 0 Å². The smallest absolute Gasteiger partial charge is 0.237 e. The first-order valence-electron chi connectivity index (χ1n) is 8.60. The van der Waals surface area contributed by atoms with Crippen molar-refractivity contribution in [3.8, 4) is 0 Å². The summed E-state index contributed by atoms with van der Waals surface area (Å²) < 4.78 is 45.9. The second kappa shape index (κ2) is 8.60. The van der Waals surface area contributed by atoms with Crippen LogP contribution in [-0.2, 0) is 25.3 Å². The monoisotopic (exact) mass is 392 g/mol. The summed E-state index contributed by atoms with van der Waals surface area (Å²) in [5, 5.41) is 0. The predicted molar refractivity (Wildman–Crippen MR) is 98.7 cm³/mol. The Balaban J connectivity index is 1.56. The molecule has 1 saturated heterocycles. The van der Waals surface area contributed by atoms with Crippen molar-refractivity contribution < 1.29 is 22.3 Å². The summed E-state index contributed by atoms with van der Waals surface area (Å²) in [7, 11) is -3.83. The number of benzene rings is 2. The Morgan fingerprint density at radius 1 is 1.15 bits per heavy atom. The molecule has 3 rings (SSSR count). The lowest BCUT2D eigenvalue weighted by Gasteiger charge is -2.33. The molecular formula is C19H21FN2O4S. The van der Waals surface area contributed by atoms with Crippen LogP contribution in [0.25, 0.3) is 0 Å². The first kappa shape index (κ1) is 19.5. The molecule has 0 spiro atoms. The van der Waals surface area contributed by atoms with Gasteiger partial charge in [0.1, 0.15) is 11.9 Å². The third-order valence-electron chi connectivity index (χ3n) is 4.34. The van der Waals surface area contributed by atoms with Gasteiger partial charge in [-0.15, -0.1) is 0 Å². The number of morpholine rings is 1. The lowest BCUT2D eigenvalue weighted by molar-refractivity contribution is -0.137. The van der Waals surface area contributed by atoms with Crippen molar-refractivity contribution in [3.05, 3.63) is 71.5 Å². The van der Waals surface area contributed by atoms with E-state index in [1.54, 1.807) is 11.0 Å². The summed E-state index contributed by atoms with van der Waals surface area (Å²) in [5.41, 5.74) is 1.03. The average molecular weight is 392 g/mol. The third-order valence-corrected chi connectivity index (χ3v) is 5.61. The van der Waals surface area contributed by atoms with Gasteiger partial charge >= 0.3 is 0 Å². The Hall–Kier alpha value is -2.29. The van der Waals surface area contributed by atoms with Crippen molar-refractivity contribution in [1.29, 1.82) is 0 Å². The van der Waals surface area contributed by atoms with Gasteiger partial charge in [-0.1, -0.05) is 48.5 Å². The Bertz CT molecular complexity index is 890. The van der Waals surface area contributed by atoms with Crippen molar-refractivity contribution in [2.24, 2.45) is 0 Å². The molecule has 0 radical (unpaired) electrons. The highest BCUT2D eigenvalue weighted by Crippen LogP contribution is 2.21. The average Bonchev–Trinajstić information content (AvgIpc) is 2.69. The fourth-order valence-corrected chi connectivity index (χ4v) is 3.99. The van der Waals surface area contributed by atoms with E-state index in [-0.39, 0.29) is 24.1 Å². The Kier molecular flexibility index (Phi) is 6.20. The topological polar surface area (TPSA) is 75.7 Å². The zero-order valence-electron chi connectivity index (χ0n) is 14.7. The number of sulfonamides is 1. The van der Waals surface area contributed by atoms with Crippen LogP contribution < -0.4 is 4.72 Å². The van der Waals surface area contributed by atoms with Crippen LogP contribution in [0, 0.1) is 5.82 Å². The molecule has 8 heteroatoms. The van der Waals surface area contributed by atoms with Gasteiger partial charge in [0, 0.05) is 12.1 Å². The van der Waals surface area contributed by atoms with E-state index in [0.717, 1.165) is 5.56 Å². The summed E-state index contributed by atoms with van der Waals surface area (Å²) in [6, 6.07) is 15.2. The van der Waals surface area contributed by atoms with E-state index in [2.05, 4.69) is 4.72 Å². The standard InChI is InChI=1S/C19H21FN2O4S/c20-17-9-5-4-8-16(17)14-27(24,25)21-12-19(23)22-10-11-26-18(13-22)15-6-2-1-3-7-15/h1-9,18,21H,10-14H2/t18-/m1/s1. The van der Waals surface area contributed by atoms with Crippen LogP contribution in [0.3, 0.4) is 0 Å². The quantitative estimate of drug-likeness (QED) is 0.814.